The third kappa shape index (κ3) is 3.15. The van der Waals surface area contributed by atoms with Crippen molar-refractivity contribution >= 4 is 11.9 Å². The molecule has 6 heteroatoms. The van der Waals surface area contributed by atoms with Crippen LogP contribution in [0.4, 0.5) is 0 Å². The van der Waals surface area contributed by atoms with E-state index in [2.05, 4.69) is 9.97 Å². The van der Waals surface area contributed by atoms with Crippen LogP contribution in [0.25, 0.3) is 6.08 Å². The molecule has 6 nitrogen and oxygen atoms in total. The second-order valence-corrected chi connectivity index (χ2v) is 5.21. The predicted octanol–water partition coefficient (Wildman–Crippen LogP) is 2.05. The van der Waals surface area contributed by atoms with E-state index in [1.807, 2.05) is 6.07 Å². The minimum Gasteiger partial charge on any atom is -0.486 e. The number of aromatic amines is 1. The number of H-pyrrole nitrogens is 1. The zero-order valence-electron chi connectivity index (χ0n) is 12.9. The molecule has 23 heavy (non-hydrogen) atoms. The normalized spacial score (nSPS) is 13.3. The molecule has 0 bridgehead atoms. The Labute approximate surface area is 132 Å². The minimum absolute atomic E-state index is 0.0596. The summed E-state index contributed by atoms with van der Waals surface area (Å²) in [6.45, 7) is 4.35. The number of hydrogen-bond donors (Lipinski definition) is 1. The number of aryl methyl sites for hydroxylation is 2. The predicted molar refractivity (Wildman–Crippen MR) is 85.1 cm³/mol. The lowest BCUT2D eigenvalue weighted by molar-refractivity contribution is 0.104. The number of hydrogen-bond acceptors (Lipinski definition) is 5. The Kier molecular flexibility index (Phi) is 3.97. The molecule has 0 unspecified atom stereocenters. The van der Waals surface area contributed by atoms with Crippen molar-refractivity contribution in [3.05, 3.63) is 57.3 Å². The van der Waals surface area contributed by atoms with Crippen LogP contribution in [0.1, 0.15) is 27.4 Å². The molecule has 0 radical (unpaired) electrons. The molecule has 1 aromatic carbocycles. The highest BCUT2D eigenvalue weighted by Gasteiger charge is 2.14. The number of allylic oxidation sites excluding steroid dienone is 1. The van der Waals surface area contributed by atoms with Gasteiger partial charge in [0.25, 0.3) is 5.56 Å². The summed E-state index contributed by atoms with van der Waals surface area (Å²) in [4.78, 5) is 30.8. The average Bonchev–Trinajstić information content (AvgIpc) is 2.51. The Hall–Kier alpha value is -2.89. The topological polar surface area (TPSA) is 81.3 Å². The van der Waals surface area contributed by atoms with E-state index < -0.39 is 5.56 Å². The lowest BCUT2D eigenvalue weighted by Crippen LogP contribution is -2.21. The SMILES string of the molecule is Cc1nc(C)c(C(=O)C=Cc2ccc3c(c2)OCCO3)c(=O)[nH]1. The molecule has 0 fully saturated rings. The molecule has 0 saturated heterocycles. The number of aromatic nitrogens is 2. The highest BCUT2D eigenvalue weighted by atomic mass is 16.6. The van der Waals surface area contributed by atoms with Crippen LogP contribution in [0.15, 0.2) is 29.1 Å². The smallest absolute Gasteiger partial charge is 0.262 e. The highest BCUT2D eigenvalue weighted by Crippen LogP contribution is 2.31. The Morgan fingerprint density at radius 1 is 1.22 bits per heavy atom. The summed E-state index contributed by atoms with van der Waals surface area (Å²) < 4.78 is 10.9. The molecule has 0 amide bonds. The van der Waals surface area contributed by atoms with E-state index in [1.165, 1.54) is 6.08 Å². The van der Waals surface area contributed by atoms with Crippen LogP contribution in [0.2, 0.25) is 0 Å². The van der Waals surface area contributed by atoms with Crippen LogP contribution in [0.5, 0.6) is 11.5 Å². The number of ketones is 1. The maximum absolute atomic E-state index is 12.3. The molecule has 1 N–H and O–H groups in total. The van der Waals surface area contributed by atoms with Crippen LogP contribution in [0.3, 0.4) is 0 Å². The molecule has 1 aliphatic heterocycles. The zero-order valence-corrected chi connectivity index (χ0v) is 12.9. The van der Waals surface area contributed by atoms with Crippen LogP contribution >= 0.6 is 0 Å². The second kappa shape index (κ2) is 6.08. The van der Waals surface area contributed by atoms with Gasteiger partial charge in [-0.3, -0.25) is 9.59 Å². The number of ether oxygens (including phenoxy) is 2. The first-order valence-electron chi connectivity index (χ1n) is 7.24. The van der Waals surface area contributed by atoms with Gasteiger partial charge >= 0.3 is 0 Å². The van der Waals surface area contributed by atoms with E-state index in [-0.39, 0.29) is 11.3 Å². The van der Waals surface area contributed by atoms with Crippen LogP contribution in [-0.4, -0.2) is 29.0 Å². The van der Waals surface area contributed by atoms with Crippen molar-refractivity contribution in [1.82, 2.24) is 9.97 Å². The summed E-state index contributed by atoms with van der Waals surface area (Å²) in [5.41, 5.74) is 0.844. The average molecular weight is 312 g/mol. The first-order valence-corrected chi connectivity index (χ1v) is 7.24. The van der Waals surface area contributed by atoms with Gasteiger partial charge in [0.2, 0.25) is 0 Å². The van der Waals surface area contributed by atoms with E-state index in [9.17, 15) is 9.59 Å². The van der Waals surface area contributed by atoms with Crippen molar-refractivity contribution in [3.63, 3.8) is 0 Å². The van der Waals surface area contributed by atoms with E-state index in [4.69, 9.17) is 9.47 Å². The van der Waals surface area contributed by atoms with Gasteiger partial charge in [-0.15, -0.1) is 0 Å². The first-order chi connectivity index (χ1) is 11.0. The lowest BCUT2D eigenvalue weighted by Gasteiger charge is -2.18. The molecule has 0 atom stereocenters. The highest BCUT2D eigenvalue weighted by molar-refractivity contribution is 6.07. The molecular weight excluding hydrogens is 296 g/mol. The number of rotatable bonds is 3. The largest absolute Gasteiger partial charge is 0.486 e. The van der Waals surface area contributed by atoms with Gasteiger partial charge < -0.3 is 14.5 Å². The van der Waals surface area contributed by atoms with E-state index in [0.29, 0.717) is 36.2 Å². The molecule has 1 aliphatic rings. The van der Waals surface area contributed by atoms with Gasteiger partial charge in [-0.1, -0.05) is 12.1 Å². The number of fused-ring (bicyclic) bond motifs is 1. The Morgan fingerprint density at radius 2 is 1.96 bits per heavy atom. The second-order valence-electron chi connectivity index (χ2n) is 5.21. The van der Waals surface area contributed by atoms with Gasteiger partial charge in [0, 0.05) is 0 Å². The molecule has 0 aliphatic carbocycles. The third-order valence-corrected chi connectivity index (χ3v) is 3.46. The zero-order chi connectivity index (χ0) is 16.4. The van der Waals surface area contributed by atoms with Gasteiger partial charge in [0.1, 0.15) is 24.6 Å². The maximum Gasteiger partial charge on any atom is 0.262 e. The van der Waals surface area contributed by atoms with Crippen molar-refractivity contribution in [3.8, 4) is 11.5 Å². The van der Waals surface area contributed by atoms with E-state index in [0.717, 1.165) is 5.56 Å². The molecule has 2 aromatic rings. The third-order valence-electron chi connectivity index (χ3n) is 3.46. The maximum atomic E-state index is 12.3. The minimum atomic E-state index is -0.424. The molecule has 1 aromatic heterocycles. The van der Waals surface area contributed by atoms with Crippen LogP contribution < -0.4 is 15.0 Å². The number of benzene rings is 1. The quantitative estimate of drug-likeness (QED) is 0.693. The first kappa shape index (κ1) is 15.0. The fourth-order valence-corrected chi connectivity index (χ4v) is 2.44. The number of nitrogens with one attached hydrogen (secondary N) is 1. The molecule has 0 spiro atoms. The van der Waals surface area contributed by atoms with Gasteiger partial charge in [0.05, 0.1) is 5.69 Å². The van der Waals surface area contributed by atoms with Gasteiger partial charge in [-0.2, -0.15) is 0 Å². The summed E-state index contributed by atoms with van der Waals surface area (Å²) in [5.74, 6) is 1.44. The monoisotopic (exact) mass is 312 g/mol. The fraction of sp³-hybridized carbons (Fsp3) is 0.235. The Morgan fingerprint density at radius 3 is 2.70 bits per heavy atom. The van der Waals surface area contributed by atoms with Crippen molar-refractivity contribution in [2.45, 2.75) is 13.8 Å². The Balaban J connectivity index is 1.86. The van der Waals surface area contributed by atoms with E-state index in [1.54, 1.807) is 32.1 Å². The molecule has 3 rings (SSSR count). The molecule has 2 heterocycles. The van der Waals surface area contributed by atoms with Gasteiger partial charge in [-0.05, 0) is 37.6 Å². The number of carbonyl (C=O) groups excluding carboxylic acids is 1. The summed E-state index contributed by atoms with van der Waals surface area (Å²) in [6.07, 6.45) is 3.00. The van der Waals surface area contributed by atoms with Crippen molar-refractivity contribution in [2.75, 3.05) is 13.2 Å². The van der Waals surface area contributed by atoms with Crippen molar-refractivity contribution in [1.29, 1.82) is 0 Å². The summed E-state index contributed by atoms with van der Waals surface area (Å²) in [5, 5.41) is 0. The summed E-state index contributed by atoms with van der Waals surface area (Å²) in [7, 11) is 0. The van der Waals surface area contributed by atoms with Crippen LogP contribution in [-0.2, 0) is 0 Å². The van der Waals surface area contributed by atoms with Crippen LogP contribution in [0, 0.1) is 13.8 Å². The summed E-state index contributed by atoms with van der Waals surface area (Å²) in [6, 6.07) is 5.41. The molecular formula is C17H16N2O4. The van der Waals surface area contributed by atoms with Crippen molar-refractivity contribution in [2.24, 2.45) is 0 Å². The molecule has 0 saturated carbocycles. The molecule has 118 valence electrons. The standard InChI is InChI=1S/C17H16N2O4/c1-10-16(17(21)19-11(2)18-10)13(20)5-3-12-4-6-14-15(9-12)23-8-7-22-14/h3-6,9H,7-8H2,1-2H3,(H,18,19,21). The van der Waals surface area contributed by atoms with Gasteiger partial charge in [-0.25, -0.2) is 4.98 Å². The van der Waals surface area contributed by atoms with Gasteiger partial charge in [0.15, 0.2) is 17.3 Å². The number of carbonyl (C=O) groups is 1. The Bertz CT molecular complexity index is 852. The van der Waals surface area contributed by atoms with Crippen molar-refractivity contribution < 1.29 is 14.3 Å². The number of nitrogens with zero attached hydrogens (tertiary/aromatic N) is 1. The lowest BCUT2D eigenvalue weighted by atomic mass is 10.1. The summed E-state index contributed by atoms with van der Waals surface area (Å²) >= 11 is 0. The fourth-order valence-electron chi connectivity index (χ4n) is 2.44. The van der Waals surface area contributed by atoms with E-state index >= 15 is 0 Å².